The van der Waals surface area contributed by atoms with E-state index in [0.717, 1.165) is 62.9 Å². The number of para-hydroxylation sites is 1. The summed E-state index contributed by atoms with van der Waals surface area (Å²) >= 11 is 0. The molecule has 0 saturated carbocycles. The lowest BCUT2D eigenvalue weighted by molar-refractivity contribution is -0.134. The lowest BCUT2D eigenvalue weighted by atomic mass is 9.74. The molecular formula is C27H34N2O3. The molecule has 1 saturated heterocycles. The van der Waals surface area contributed by atoms with E-state index in [0.29, 0.717) is 13.0 Å². The smallest absolute Gasteiger partial charge is 0.260 e. The number of hydrogen-bond acceptors (Lipinski definition) is 3. The Morgan fingerprint density at radius 2 is 1.75 bits per heavy atom. The standard InChI is InChI=1S/C27H34N2O3/c1-21-26(31)28-20-27(14-8-7-12-23-11-5-6-13-24(23)32-21)15-17-29(18-16-27)25(30)19-22-9-3-2-4-10-22/h2-6,9-11,13,21H,7-8,12,14-20H2,1H3,(H,28,31)/t21-/m1/s1. The highest BCUT2D eigenvalue weighted by molar-refractivity contribution is 5.81. The second-order valence-electron chi connectivity index (χ2n) is 9.34. The number of carbonyl (C=O) groups excluding carboxylic acids is 2. The van der Waals surface area contributed by atoms with Gasteiger partial charge >= 0.3 is 0 Å². The zero-order valence-corrected chi connectivity index (χ0v) is 19.0. The number of likely N-dealkylation sites (tertiary alicyclic amines) is 1. The van der Waals surface area contributed by atoms with Crippen molar-refractivity contribution in [1.29, 1.82) is 0 Å². The van der Waals surface area contributed by atoms with Gasteiger partial charge in [0.1, 0.15) is 5.75 Å². The van der Waals surface area contributed by atoms with Crippen molar-refractivity contribution in [3.8, 4) is 5.75 Å². The Hall–Kier alpha value is -2.82. The summed E-state index contributed by atoms with van der Waals surface area (Å²) in [5.41, 5.74) is 2.28. The molecule has 0 radical (unpaired) electrons. The third kappa shape index (κ3) is 5.50. The van der Waals surface area contributed by atoms with Gasteiger partial charge in [0.2, 0.25) is 5.91 Å². The van der Waals surface area contributed by atoms with Gasteiger partial charge in [-0.1, -0.05) is 55.0 Å². The summed E-state index contributed by atoms with van der Waals surface area (Å²) in [5, 5.41) is 3.16. The lowest BCUT2D eigenvalue weighted by Gasteiger charge is -2.42. The summed E-state index contributed by atoms with van der Waals surface area (Å²) in [6.07, 6.45) is 6.03. The third-order valence-electron chi connectivity index (χ3n) is 7.06. The average Bonchev–Trinajstić information content (AvgIpc) is 2.82. The molecule has 2 aliphatic rings. The number of benzene rings is 2. The first-order valence-electron chi connectivity index (χ1n) is 11.9. The molecule has 2 aliphatic heterocycles. The highest BCUT2D eigenvalue weighted by Gasteiger charge is 2.36. The van der Waals surface area contributed by atoms with Gasteiger partial charge in [-0.25, -0.2) is 0 Å². The van der Waals surface area contributed by atoms with Crippen LogP contribution in [0.4, 0.5) is 0 Å². The maximum Gasteiger partial charge on any atom is 0.260 e. The van der Waals surface area contributed by atoms with Gasteiger partial charge in [0.15, 0.2) is 6.10 Å². The molecule has 2 amide bonds. The van der Waals surface area contributed by atoms with Crippen LogP contribution in [-0.4, -0.2) is 42.5 Å². The minimum atomic E-state index is -0.528. The summed E-state index contributed by atoms with van der Waals surface area (Å²) < 4.78 is 6.00. The lowest BCUT2D eigenvalue weighted by Crippen LogP contribution is -2.49. The van der Waals surface area contributed by atoms with E-state index in [-0.39, 0.29) is 17.2 Å². The fraction of sp³-hybridized carbons (Fsp3) is 0.481. The molecular weight excluding hydrogens is 400 g/mol. The topological polar surface area (TPSA) is 58.6 Å². The van der Waals surface area contributed by atoms with Gasteiger partial charge in [-0.2, -0.15) is 0 Å². The second-order valence-corrected chi connectivity index (χ2v) is 9.34. The Morgan fingerprint density at radius 3 is 2.53 bits per heavy atom. The predicted octanol–water partition coefficient (Wildman–Crippen LogP) is 4.15. The van der Waals surface area contributed by atoms with E-state index in [9.17, 15) is 9.59 Å². The van der Waals surface area contributed by atoms with Gasteiger partial charge in [-0.05, 0) is 61.6 Å². The van der Waals surface area contributed by atoms with E-state index in [4.69, 9.17) is 4.74 Å². The predicted molar refractivity (Wildman–Crippen MR) is 125 cm³/mol. The SMILES string of the molecule is C[C@H]1Oc2ccccc2CCCCC2(CCN(C(=O)Cc3ccccc3)CC2)CNC1=O. The molecule has 0 unspecified atom stereocenters. The Balaban J connectivity index is 1.39. The van der Waals surface area contributed by atoms with Crippen LogP contribution in [0.2, 0.25) is 0 Å². The zero-order chi connectivity index (χ0) is 22.4. The summed E-state index contributed by atoms with van der Waals surface area (Å²) in [7, 11) is 0. The number of hydrogen-bond donors (Lipinski definition) is 1. The summed E-state index contributed by atoms with van der Waals surface area (Å²) in [6.45, 7) is 3.99. The minimum Gasteiger partial charge on any atom is -0.481 e. The van der Waals surface area contributed by atoms with Crippen LogP contribution in [0.3, 0.4) is 0 Å². The Kier molecular flexibility index (Phi) is 7.13. The monoisotopic (exact) mass is 434 g/mol. The first-order chi connectivity index (χ1) is 15.5. The number of carbonyl (C=O) groups is 2. The molecule has 0 aromatic heterocycles. The van der Waals surface area contributed by atoms with Crippen LogP contribution in [0.5, 0.6) is 5.75 Å². The van der Waals surface area contributed by atoms with Gasteiger partial charge in [0.05, 0.1) is 6.42 Å². The zero-order valence-electron chi connectivity index (χ0n) is 19.0. The van der Waals surface area contributed by atoms with E-state index < -0.39 is 6.10 Å². The van der Waals surface area contributed by atoms with Gasteiger partial charge in [0, 0.05) is 19.6 Å². The van der Waals surface area contributed by atoms with Gasteiger partial charge in [0.25, 0.3) is 5.91 Å². The van der Waals surface area contributed by atoms with Crippen molar-refractivity contribution in [1.82, 2.24) is 10.2 Å². The van der Waals surface area contributed by atoms with Crippen molar-refractivity contribution < 1.29 is 14.3 Å². The molecule has 4 rings (SSSR count). The first kappa shape index (κ1) is 22.4. The van der Waals surface area contributed by atoms with Crippen LogP contribution in [0.1, 0.15) is 50.2 Å². The molecule has 1 spiro atoms. The van der Waals surface area contributed by atoms with Gasteiger partial charge < -0.3 is 15.0 Å². The van der Waals surface area contributed by atoms with Crippen molar-refractivity contribution in [2.24, 2.45) is 5.41 Å². The largest absolute Gasteiger partial charge is 0.481 e. The number of amides is 2. The highest BCUT2D eigenvalue weighted by atomic mass is 16.5. The molecule has 1 N–H and O–H groups in total. The van der Waals surface area contributed by atoms with Crippen LogP contribution < -0.4 is 10.1 Å². The summed E-state index contributed by atoms with van der Waals surface area (Å²) in [4.78, 5) is 27.5. The molecule has 5 nitrogen and oxygen atoms in total. The molecule has 170 valence electrons. The number of ether oxygens (including phenoxy) is 1. The van der Waals surface area contributed by atoms with Crippen LogP contribution in [-0.2, 0) is 22.4 Å². The molecule has 2 heterocycles. The van der Waals surface area contributed by atoms with Crippen molar-refractivity contribution in [2.45, 2.75) is 58.0 Å². The van der Waals surface area contributed by atoms with Gasteiger partial charge in [-0.15, -0.1) is 0 Å². The molecule has 0 bridgehead atoms. The number of aryl methyl sites for hydroxylation is 1. The summed E-state index contributed by atoms with van der Waals surface area (Å²) in [6, 6.07) is 18.0. The summed E-state index contributed by atoms with van der Waals surface area (Å²) in [5.74, 6) is 0.944. The highest BCUT2D eigenvalue weighted by Crippen LogP contribution is 2.37. The van der Waals surface area contributed by atoms with Gasteiger partial charge in [-0.3, -0.25) is 9.59 Å². The maximum absolute atomic E-state index is 12.8. The normalized spacial score (nSPS) is 21.5. The van der Waals surface area contributed by atoms with E-state index in [1.807, 2.05) is 60.4 Å². The van der Waals surface area contributed by atoms with Crippen molar-refractivity contribution >= 4 is 11.8 Å². The Morgan fingerprint density at radius 1 is 1.03 bits per heavy atom. The number of fused-ring (bicyclic) bond motifs is 1. The van der Waals surface area contributed by atoms with Crippen molar-refractivity contribution in [2.75, 3.05) is 19.6 Å². The maximum atomic E-state index is 12.8. The third-order valence-corrected chi connectivity index (χ3v) is 7.06. The van der Waals surface area contributed by atoms with E-state index >= 15 is 0 Å². The Bertz CT molecular complexity index is 920. The van der Waals surface area contributed by atoms with E-state index in [1.165, 1.54) is 5.56 Å². The molecule has 1 atom stereocenters. The average molecular weight is 435 g/mol. The number of rotatable bonds is 2. The molecule has 1 fully saturated rings. The quantitative estimate of drug-likeness (QED) is 0.773. The molecule has 0 aliphatic carbocycles. The molecule has 2 aromatic rings. The van der Waals surface area contributed by atoms with E-state index in [2.05, 4.69) is 11.4 Å². The number of nitrogens with one attached hydrogen (secondary N) is 1. The van der Waals surface area contributed by atoms with Crippen LogP contribution in [0, 0.1) is 5.41 Å². The Labute approximate surface area is 191 Å². The van der Waals surface area contributed by atoms with Crippen LogP contribution in [0.25, 0.3) is 0 Å². The fourth-order valence-corrected chi connectivity index (χ4v) is 4.93. The first-order valence-corrected chi connectivity index (χ1v) is 11.9. The van der Waals surface area contributed by atoms with Crippen molar-refractivity contribution in [3.05, 3.63) is 65.7 Å². The number of piperidine rings is 1. The van der Waals surface area contributed by atoms with Crippen molar-refractivity contribution in [3.63, 3.8) is 0 Å². The van der Waals surface area contributed by atoms with E-state index in [1.54, 1.807) is 0 Å². The number of nitrogens with zero attached hydrogens (tertiary/aromatic N) is 1. The van der Waals surface area contributed by atoms with Crippen LogP contribution >= 0.6 is 0 Å². The fourth-order valence-electron chi connectivity index (χ4n) is 4.93. The van der Waals surface area contributed by atoms with Crippen LogP contribution in [0.15, 0.2) is 54.6 Å². The molecule has 32 heavy (non-hydrogen) atoms. The second kappa shape index (κ2) is 10.2. The molecule has 2 aromatic carbocycles. The molecule has 5 heteroatoms. The minimum absolute atomic E-state index is 0.0532.